The van der Waals surface area contributed by atoms with Gasteiger partial charge in [-0.15, -0.1) is 0 Å². The maximum Gasteiger partial charge on any atom is 0.509 e. The quantitative estimate of drug-likeness (QED) is 0.605. The molecule has 1 aliphatic carbocycles. The number of aliphatic hydroxyl groups is 2. The first-order valence-corrected chi connectivity index (χ1v) is 8.76. The Bertz CT molecular complexity index is 706. The highest BCUT2D eigenvalue weighted by molar-refractivity contribution is 5.65. The van der Waals surface area contributed by atoms with E-state index in [-0.39, 0.29) is 5.92 Å². The van der Waals surface area contributed by atoms with E-state index in [1.54, 1.807) is 6.92 Å². The summed E-state index contributed by atoms with van der Waals surface area (Å²) >= 11 is 0. The van der Waals surface area contributed by atoms with Crippen LogP contribution in [0, 0.1) is 11.3 Å². The maximum absolute atomic E-state index is 12.2. The van der Waals surface area contributed by atoms with Crippen molar-refractivity contribution in [2.75, 3.05) is 0 Å². The van der Waals surface area contributed by atoms with Gasteiger partial charge in [-0.05, 0) is 36.8 Å². The van der Waals surface area contributed by atoms with Crippen LogP contribution in [0.3, 0.4) is 0 Å². The predicted molar refractivity (Wildman–Crippen MR) is 93.0 cm³/mol. The number of cyclic esters (lactones) is 1. The van der Waals surface area contributed by atoms with Gasteiger partial charge < -0.3 is 19.7 Å². The summed E-state index contributed by atoms with van der Waals surface area (Å²) in [5.41, 5.74) is 0.784. The lowest BCUT2D eigenvalue weighted by Crippen LogP contribution is -2.53. The van der Waals surface area contributed by atoms with Crippen molar-refractivity contribution < 1.29 is 24.5 Å². The molecule has 5 nitrogen and oxygen atoms in total. The highest BCUT2D eigenvalue weighted by Gasteiger charge is 2.64. The van der Waals surface area contributed by atoms with Crippen molar-refractivity contribution in [3.63, 3.8) is 0 Å². The highest BCUT2D eigenvalue weighted by Crippen LogP contribution is 2.60. The average Bonchev–Trinajstić information content (AvgIpc) is 2.90. The number of aliphatic hydroxyl groups excluding tert-OH is 2. The SMILES string of the molecule is CC1CC[C@]2(OC(=O)O[C@H]2c2ccccc2C(C)O)C(C)(C)/C1=C/O. The van der Waals surface area contributed by atoms with E-state index in [4.69, 9.17) is 9.47 Å². The normalized spacial score (nSPS) is 34.0. The van der Waals surface area contributed by atoms with Gasteiger partial charge in [-0.1, -0.05) is 45.0 Å². The zero-order valence-electron chi connectivity index (χ0n) is 15.2. The monoisotopic (exact) mass is 346 g/mol. The molecule has 4 atom stereocenters. The van der Waals surface area contributed by atoms with Gasteiger partial charge >= 0.3 is 6.16 Å². The standard InChI is InChI=1S/C20H26O5/c1-12-9-10-20(19(3,4)16(12)11-21)17(24-18(23)25-20)15-8-6-5-7-14(15)13(2)22/h5-8,11-13,17,21-22H,9-10H2,1-4H3/b16-11+/t12?,13?,17-,20+/m0/s1. The fourth-order valence-electron chi connectivity index (χ4n) is 4.55. The number of carbonyl (C=O) groups is 1. The number of hydrogen-bond acceptors (Lipinski definition) is 5. The Morgan fingerprint density at radius 3 is 2.64 bits per heavy atom. The van der Waals surface area contributed by atoms with E-state index in [0.29, 0.717) is 12.0 Å². The Morgan fingerprint density at radius 2 is 2.00 bits per heavy atom. The van der Waals surface area contributed by atoms with Crippen LogP contribution < -0.4 is 0 Å². The first kappa shape index (κ1) is 17.8. The molecule has 0 radical (unpaired) electrons. The van der Waals surface area contributed by atoms with Crippen LogP contribution in [0.1, 0.15) is 63.9 Å². The van der Waals surface area contributed by atoms with E-state index in [1.165, 1.54) is 0 Å². The van der Waals surface area contributed by atoms with E-state index in [1.807, 2.05) is 38.1 Å². The third-order valence-electron chi connectivity index (χ3n) is 6.03. The lowest BCUT2D eigenvalue weighted by atomic mass is 9.57. The number of carbonyl (C=O) groups excluding carboxylic acids is 1. The smallest absolute Gasteiger partial charge is 0.509 e. The fourth-order valence-corrected chi connectivity index (χ4v) is 4.55. The van der Waals surface area contributed by atoms with Crippen LogP contribution in [0.25, 0.3) is 0 Å². The third kappa shape index (κ3) is 2.53. The summed E-state index contributed by atoms with van der Waals surface area (Å²) < 4.78 is 11.4. The van der Waals surface area contributed by atoms with Gasteiger partial charge in [0, 0.05) is 11.0 Å². The number of hydrogen-bond donors (Lipinski definition) is 2. The zero-order chi connectivity index (χ0) is 18.4. The van der Waals surface area contributed by atoms with Gasteiger partial charge in [0.05, 0.1) is 12.4 Å². The van der Waals surface area contributed by atoms with E-state index in [0.717, 1.165) is 23.8 Å². The topological polar surface area (TPSA) is 76.0 Å². The highest BCUT2D eigenvalue weighted by atomic mass is 16.8. The minimum Gasteiger partial charge on any atom is -0.516 e. The van der Waals surface area contributed by atoms with Gasteiger partial charge in [-0.2, -0.15) is 0 Å². The predicted octanol–water partition coefficient (Wildman–Crippen LogP) is 4.58. The molecule has 1 aromatic rings. The molecule has 1 heterocycles. The molecule has 136 valence electrons. The molecule has 3 rings (SSSR count). The largest absolute Gasteiger partial charge is 0.516 e. The van der Waals surface area contributed by atoms with E-state index in [2.05, 4.69) is 6.92 Å². The average molecular weight is 346 g/mol. The van der Waals surface area contributed by atoms with Crippen molar-refractivity contribution in [1.29, 1.82) is 0 Å². The molecule has 0 amide bonds. The zero-order valence-corrected chi connectivity index (χ0v) is 15.2. The minimum atomic E-state index is -0.920. The Morgan fingerprint density at radius 1 is 1.32 bits per heavy atom. The van der Waals surface area contributed by atoms with Crippen LogP contribution in [0.5, 0.6) is 0 Å². The van der Waals surface area contributed by atoms with Crippen LogP contribution >= 0.6 is 0 Å². The molecule has 1 aromatic carbocycles. The molecule has 1 saturated heterocycles. The van der Waals surface area contributed by atoms with Crippen molar-refractivity contribution in [1.82, 2.24) is 0 Å². The number of benzene rings is 1. The summed E-state index contributed by atoms with van der Waals surface area (Å²) in [7, 11) is 0. The Labute approximate surface area is 148 Å². The van der Waals surface area contributed by atoms with Crippen LogP contribution in [0.2, 0.25) is 0 Å². The summed E-state index contributed by atoms with van der Waals surface area (Å²) in [6, 6.07) is 7.42. The molecule has 2 fully saturated rings. The van der Waals surface area contributed by atoms with Gasteiger partial charge in [0.25, 0.3) is 0 Å². The summed E-state index contributed by atoms with van der Waals surface area (Å²) in [5.74, 6) is 0.192. The van der Waals surface area contributed by atoms with Crippen molar-refractivity contribution >= 4 is 6.16 Å². The van der Waals surface area contributed by atoms with Gasteiger partial charge in [0.15, 0.2) is 11.7 Å². The van der Waals surface area contributed by atoms with E-state index in [9.17, 15) is 15.0 Å². The van der Waals surface area contributed by atoms with Crippen LogP contribution in [-0.2, 0) is 9.47 Å². The molecule has 2 N–H and O–H groups in total. The Kier molecular flexibility index (Phi) is 4.31. The lowest BCUT2D eigenvalue weighted by molar-refractivity contribution is -0.0847. The van der Waals surface area contributed by atoms with Crippen LogP contribution in [0.15, 0.2) is 36.1 Å². The van der Waals surface area contributed by atoms with Crippen molar-refractivity contribution in [3.8, 4) is 0 Å². The molecule has 0 bridgehead atoms. The Hall–Kier alpha value is -2.01. The minimum absolute atomic E-state index is 0.192. The summed E-state index contributed by atoms with van der Waals surface area (Å²) in [6.45, 7) is 7.71. The fraction of sp³-hybridized carbons (Fsp3) is 0.550. The van der Waals surface area contributed by atoms with Crippen molar-refractivity contribution in [2.45, 2.75) is 58.3 Å². The molecule has 0 aromatic heterocycles. The molecule has 25 heavy (non-hydrogen) atoms. The van der Waals surface area contributed by atoms with Crippen LogP contribution in [0.4, 0.5) is 4.79 Å². The van der Waals surface area contributed by atoms with Crippen LogP contribution in [-0.4, -0.2) is 22.0 Å². The second-order valence-electron chi connectivity index (χ2n) is 7.69. The maximum atomic E-state index is 12.2. The molecule has 5 heteroatoms. The second-order valence-corrected chi connectivity index (χ2v) is 7.69. The number of ether oxygens (including phenoxy) is 2. The van der Waals surface area contributed by atoms with Gasteiger partial charge in [-0.25, -0.2) is 4.79 Å². The lowest BCUT2D eigenvalue weighted by Gasteiger charge is -2.50. The van der Waals surface area contributed by atoms with E-state index >= 15 is 0 Å². The number of rotatable bonds is 2. The van der Waals surface area contributed by atoms with Crippen molar-refractivity contribution in [3.05, 3.63) is 47.2 Å². The first-order valence-electron chi connectivity index (χ1n) is 8.76. The summed E-state index contributed by atoms with van der Waals surface area (Å²) in [5, 5.41) is 20.0. The molecule has 1 spiro atoms. The molecular formula is C20H26O5. The Balaban J connectivity index is 2.16. The molecule has 1 saturated carbocycles. The molecule has 2 unspecified atom stereocenters. The third-order valence-corrected chi connectivity index (χ3v) is 6.03. The second kappa shape index (κ2) is 6.06. The molecular weight excluding hydrogens is 320 g/mol. The molecule has 2 aliphatic rings. The van der Waals surface area contributed by atoms with Gasteiger partial charge in [0.1, 0.15) is 0 Å². The summed E-state index contributed by atoms with van der Waals surface area (Å²) in [6.07, 6.45) is 0.526. The van der Waals surface area contributed by atoms with Gasteiger partial charge in [0.2, 0.25) is 0 Å². The first-order chi connectivity index (χ1) is 11.7. The molecule has 1 aliphatic heterocycles. The van der Waals surface area contributed by atoms with E-state index < -0.39 is 29.4 Å². The van der Waals surface area contributed by atoms with Crippen molar-refractivity contribution in [2.24, 2.45) is 11.3 Å². The van der Waals surface area contributed by atoms with Gasteiger partial charge in [-0.3, -0.25) is 0 Å². The summed E-state index contributed by atoms with van der Waals surface area (Å²) in [4.78, 5) is 12.2.